The molecule has 5 heterocycles. The minimum absolute atomic E-state index is 0.908. The van der Waals surface area contributed by atoms with Crippen molar-refractivity contribution in [3.05, 3.63) is 166 Å². The Balaban J connectivity index is 1.36. The van der Waals surface area contributed by atoms with Crippen LogP contribution in [-0.4, -0.2) is 22.8 Å². The molecular weight excluding hydrogens is 488 g/mol. The van der Waals surface area contributed by atoms with Gasteiger partial charge in [0.1, 0.15) is 0 Å². The summed E-state index contributed by atoms with van der Waals surface area (Å²) in [4.78, 5) is 20.5. The van der Waals surface area contributed by atoms with Gasteiger partial charge in [-0.25, -0.2) is 20.0 Å². The summed E-state index contributed by atoms with van der Waals surface area (Å²) in [5.74, 6) is 0. The van der Waals surface area contributed by atoms with Crippen LogP contribution in [0.4, 0.5) is 0 Å². The molecule has 0 aromatic heterocycles. The highest BCUT2D eigenvalue weighted by Gasteiger charge is 2.28. The highest BCUT2D eigenvalue weighted by atomic mass is 14.9. The molecule has 40 heavy (non-hydrogen) atoms. The molecule has 4 aromatic rings. The summed E-state index contributed by atoms with van der Waals surface area (Å²) < 4.78 is 0. The molecule has 4 nitrogen and oxygen atoms in total. The summed E-state index contributed by atoms with van der Waals surface area (Å²) >= 11 is 0. The number of fused-ring (bicyclic) bond motifs is 16. The number of rotatable bonds is 0. The van der Waals surface area contributed by atoms with Gasteiger partial charge in [-0.15, -0.1) is 0 Å². The quantitative estimate of drug-likeness (QED) is 0.238. The third-order valence-electron chi connectivity index (χ3n) is 7.97. The number of nitrogens with zero attached hydrogens (tertiary/aromatic N) is 4. The predicted octanol–water partition coefficient (Wildman–Crippen LogP) is 7.38. The van der Waals surface area contributed by atoms with Crippen molar-refractivity contribution < 1.29 is 0 Å². The van der Waals surface area contributed by atoms with Gasteiger partial charge in [-0.2, -0.15) is 0 Å². The number of hydrogen-bond acceptors (Lipinski definition) is 4. The van der Waals surface area contributed by atoms with Gasteiger partial charge >= 0.3 is 0 Å². The molecule has 0 atom stereocenters. The van der Waals surface area contributed by atoms with Crippen molar-refractivity contribution in [2.24, 2.45) is 20.0 Å². The Morgan fingerprint density at radius 1 is 0.250 bits per heavy atom. The number of hydrogen-bond donors (Lipinski definition) is 0. The van der Waals surface area contributed by atoms with Gasteiger partial charge in [-0.05, 0) is 24.3 Å². The van der Waals surface area contributed by atoms with Crippen LogP contribution in [-0.2, 0) is 0 Å². The average Bonchev–Trinajstić information content (AvgIpc) is 3.73. The second-order valence-electron chi connectivity index (χ2n) is 10.3. The van der Waals surface area contributed by atoms with Crippen molar-refractivity contribution in [3.63, 3.8) is 0 Å². The molecule has 0 spiro atoms. The van der Waals surface area contributed by atoms with E-state index in [-0.39, 0.29) is 0 Å². The number of allylic oxidation sites excluding steroid dienone is 4. The molecule has 0 saturated heterocycles. The summed E-state index contributed by atoms with van der Waals surface area (Å²) in [6, 6.07) is 33.6. The van der Waals surface area contributed by atoms with Crippen molar-refractivity contribution in [3.8, 4) is 0 Å². The molecule has 0 N–H and O–H groups in total. The Bertz CT molecular complexity index is 1770. The van der Waals surface area contributed by atoms with E-state index in [1.807, 2.05) is 0 Å². The molecule has 0 fully saturated rings. The maximum Gasteiger partial charge on any atom is 0.0738 e. The average molecular weight is 509 g/mol. The van der Waals surface area contributed by atoms with Crippen LogP contribution in [0.15, 0.2) is 141 Å². The van der Waals surface area contributed by atoms with Crippen LogP contribution in [0.5, 0.6) is 0 Å². The van der Waals surface area contributed by atoms with Gasteiger partial charge in [-0.3, -0.25) is 0 Å². The third-order valence-corrected chi connectivity index (χ3v) is 7.97. The van der Waals surface area contributed by atoms with E-state index in [9.17, 15) is 0 Å². The largest absolute Gasteiger partial charge is 0.248 e. The Morgan fingerprint density at radius 2 is 0.450 bits per heavy atom. The van der Waals surface area contributed by atoms with E-state index in [0.717, 1.165) is 90.1 Å². The minimum Gasteiger partial charge on any atom is -0.248 e. The topological polar surface area (TPSA) is 49.4 Å². The SMILES string of the molecule is C1=C2N=C(C=C3N=C(C=C4N=C(C=C5N=C1c1ccccc15)c1ccccc14)c1ccccc13)c1ccccc12. The minimum atomic E-state index is 0.908. The predicted molar refractivity (Wildman–Crippen MR) is 164 cm³/mol. The first-order valence-corrected chi connectivity index (χ1v) is 13.4. The second kappa shape index (κ2) is 8.01. The molecule has 0 unspecified atom stereocenters. The van der Waals surface area contributed by atoms with E-state index in [4.69, 9.17) is 20.0 Å². The summed E-state index contributed by atoms with van der Waals surface area (Å²) in [6.07, 6.45) is 8.46. The van der Waals surface area contributed by atoms with Crippen molar-refractivity contribution in [2.75, 3.05) is 0 Å². The van der Waals surface area contributed by atoms with Crippen molar-refractivity contribution in [1.82, 2.24) is 0 Å². The van der Waals surface area contributed by atoms with Gasteiger partial charge in [0.15, 0.2) is 0 Å². The molecule has 4 heteroatoms. The van der Waals surface area contributed by atoms with Crippen LogP contribution >= 0.6 is 0 Å². The van der Waals surface area contributed by atoms with Gasteiger partial charge in [-0.1, -0.05) is 97.1 Å². The normalized spacial score (nSPS) is 17.2. The lowest BCUT2D eigenvalue weighted by Crippen LogP contribution is -1.96. The van der Waals surface area contributed by atoms with Crippen molar-refractivity contribution in [2.45, 2.75) is 0 Å². The number of aliphatic imine (C=N–C) groups is 4. The van der Waals surface area contributed by atoms with Gasteiger partial charge < -0.3 is 0 Å². The highest BCUT2D eigenvalue weighted by molar-refractivity contribution is 6.29. The first-order valence-electron chi connectivity index (χ1n) is 13.4. The molecule has 4 aromatic carbocycles. The van der Waals surface area contributed by atoms with E-state index in [1.165, 1.54) is 0 Å². The monoisotopic (exact) mass is 508 g/mol. The van der Waals surface area contributed by atoms with Crippen molar-refractivity contribution in [1.29, 1.82) is 0 Å². The fourth-order valence-electron chi connectivity index (χ4n) is 6.12. The third kappa shape index (κ3) is 3.07. The smallest absolute Gasteiger partial charge is 0.0738 e. The second-order valence-corrected chi connectivity index (χ2v) is 10.3. The summed E-state index contributed by atoms with van der Waals surface area (Å²) in [5.41, 5.74) is 16.1. The van der Waals surface area contributed by atoms with Gasteiger partial charge in [0.2, 0.25) is 0 Å². The fraction of sp³-hybridized carbons (Fsp3) is 0. The lowest BCUT2D eigenvalue weighted by Gasteiger charge is -2.02. The first kappa shape index (κ1) is 21.5. The van der Waals surface area contributed by atoms with Crippen LogP contribution in [0.2, 0.25) is 0 Å². The van der Waals surface area contributed by atoms with Gasteiger partial charge in [0.05, 0.1) is 45.6 Å². The van der Waals surface area contributed by atoms with E-state index in [2.05, 4.69) is 121 Å². The summed E-state index contributed by atoms with van der Waals surface area (Å²) in [6.45, 7) is 0. The molecule has 9 rings (SSSR count). The van der Waals surface area contributed by atoms with Crippen LogP contribution in [0.3, 0.4) is 0 Å². The zero-order chi connectivity index (χ0) is 26.2. The first-order chi connectivity index (χ1) is 19.8. The Morgan fingerprint density at radius 3 is 0.675 bits per heavy atom. The van der Waals surface area contributed by atoms with Crippen LogP contribution < -0.4 is 0 Å². The Labute approximate surface area is 231 Å². The van der Waals surface area contributed by atoms with Crippen LogP contribution in [0.1, 0.15) is 44.5 Å². The molecule has 0 radical (unpaired) electrons. The molecule has 0 amide bonds. The zero-order valence-corrected chi connectivity index (χ0v) is 21.3. The lowest BCUT2D eigenvalue weighted by atomic mass is 9.98. The lowest BCUT2D eigenvalue weighted by molar-refractivity contribution is 1.56. The van der Waals surface area contributed by atoms with Gasteiger partial charge in [0, 0.05) is 44.5 Å². The van der Waals surface area contributed by atoms with E-state index >= 15 is 0 Å². The van der Waals surface area contributed by atoms with E-state index in [1.54, 1.807) is 0 Å². The zero-order valence-electron chi connectivity index (χ0n) is 21.3. The maximum absolute atomic E-state index is 5.13. The molecule has 8 bridgehead atoms. The summed E-state index contributed by atoms with van der Waals surface area (Å²) in [7, 11) is 0. The Hall–Kier alpha value is -5.48. The molecule has 0 saturated carbocycles. The standard InChI is InChI=1S/C36H20N4/c1-2-10-22-21(9-1)29-17-31-23-11-3-4-12-24(23)33(38-31)19-35-27-15-7-8-16-28(27)36(40-35)20-34-26-14-6-5-13-25(26)32(39-34)18-30(22)37-29/h1-20H. The van der Waals surface area contributed by atoms with Gasteiger partial charge in [0.25, 0.3) is 0 Å². The molecule has 5 aliphatic rings. The van der Waals surface area contributed by atoms with Crippen LogP contribution in [0, 0.1) is 0 Å². The molecular formula is C36H20N4. The van der Waals surface area contributed by atoms with Crippen molar-refractivity contribution >= 4 is 45.6 Å². The Kier molecular flexibility index (Phi) is 4.30. The van der Waals surface area contributed by atoms with E-state index in [0.29, 0.717) is 0 Å². The fourth-order valence-corrected chi connectivity index (χ4v) is 6.12. The molecule has 0 aliphatic carbocycles. The van der Waals surface area contributed by atoms with Crippen LogP contribution in [0.25, 0.3) is 22.8 Å². The highest BCUT2D eigenvalue weighted by Crippen LogP contribution is 2.38. The summed E-state index contributed by atoms with van der Waals surface area (Å²) in [5, 5.41) is 0. The molecule has 184 valence electrons. The maximum atomic E-state index is 5.13. The van der Waals surface area contributed by atoms with E-state index < -0.39 is 0 Å². The number of benzene rings is 4. The molecule has 5 aliphatic heterocycles.